The molecule has 0 fully saturated rings. The number of thioether (sulfide) groups is 2. The van der Waals surface area contributed by atoms with Crippen LogP contribution in [-0.2, 0) is 16.3 Å². The topological polar surface area (TPSA) is 17.1 Å². The lowest BCUT2D eigenvalue weighted by Crippen LogP contribution is -2.28. The molecule has 0 aromatic heterocycles. The molecule has 2 aromatic carbocycles. The van der Waals surface area contributed by atoms with Crippen LogP contribution in [0.3, 0.4) is 0 Å². The van der Waals surface area contributed by atoms with Crippen molar-refractivity contribution < 1.29 is 4.79 Å². The molecule has 0 N–H and O–H groups in total. The maximum absolute atomic E-state index is 12.4. The van der Waals surface area contributed by atoms with E-state index in [0.717, 1.165) is 11.1 Å². The minimum Gasteiger partial charge on any atom is -0.293 e. The number of Topliss-reactive ketones (excluding diaryl/α,β-unsaturated/α-hetero) is 1. The van der Waals surface area contributed by atoms with Crippen molar-refractivity contribution in [2.24, 2.45) is 0 Å². The first-order valence-electron chi connectivity index (χ1n) is 6.89. The smallest absolute Gasteiger partial charge is 0.250 e. The van der Waals surface area contributed by atoms with Crippen LogP contribution in [0.4, 0.5) is 0 Å². The van der Waals surface area contributed by atoms with Crippen molar-refractivity contribution in [2.45, 2.75) is 19.9 Å². The third-order valence-corrected chi connectivity index (χ3v) is 6.39. The Morgan fingerprint density at radius 1 is 0.826 bits per heavy atom. The zero-order chi connectivity index (χ0) is 16.7. The Kier molecular flexibility index (Phi) is 7.64. The van der Waals surface area contributed by atoms with Gasteiger partial charge in [0.1, 0.15) is 4.58 Å². The Morgan fingerprint density at radius 3 is 1.57 bits per heavy atom. The van der Waals surface area contributed by atoms with Crippen LogP contribution in [0, 0.1) is 0 Å². The zero-order valence-corrected chi connectivity index (χ0v) is 16.0. The van der Waals surface area contributed by atoms with Crippen LogP contribution in [0.1, 0.15) is 11.1 Å². The van der Waals surface area contributed by atoms with E-state index in [9.17, 15) is 4.79 Å². The highest BCUT2D eigenvalue weighted by atomic mass is 35.6. The molecule has 1 nitrogen and oxygen atoms in total. The highest BCUT2D eigenvalue weighted by Crippen LogP contribution is 2.38. The highest BCUT2D eigenvalue weighted by Gasteiger charge is 2.37. The van der Waals surface area contributed by atoms with Crippen LogP contribution in [0.2, 0.25) is 0 Å². The summed E-state index contributed by atoms with van der Waals surface area (Å²) in [6.45, 7) is 0. The van der Waals surface area contributed by atoms with E-state index < -0.39 is 8.37 Å². The van der Waals surface area contributed by atoms with Crippen LogP contribution in [0.15, 0.2) is 60.7 Å². The van der Waals surface area contributed by atoms with E-state index in [0.29, 0.717) is 11.5 Å². The molecule has 0 bridgehead atoms. The summed E-state index contributed by atoms with van der Waals surface area (Å²) in [4.78, 5) is 12.4. The number of alkyl halides is 3. The average molecular weight is 406 g/mol. The van der Waals surface area contributed by atoms with E-state index in [2.05, 4.69) is 0 Å². The van der Waals surface area contributed by atoms with Crippen LogP contribution in [0.5, 0.6) is 0 Å². The minimum atomic E-state index is -1.89. The summed E-state index contributed by atoms with van der Waals surface area (Å²) in [5.74, 6) is 1.00. The Hall–Kier alpha value is -0.320. The molecule has 0 radical (unpaired) electrons. The molecule has 0 saturated carbocycles. The molecule has 0 aliphatic rings. The van der Waals surface area contributed by atoms with Crippen molar-refractivity contribution in [3.63, 3.8) is 0 Å². The van der Waals surface area contributed by atoms with Gasteiger partial charge in [-0.3, -0.25) is 4.79 Å². The number of rotatable bonds is 7. The van der Waals surface area contributed by atoms with Gasteiger partial charge in [-0.25, -0.2) is 0 Å². The third-order valence-electron chi connectivity index (χ3n) is 2.98. The Bertz CT molecular complexity index is 571. The molecule has 0 amide bonds. The molecule has 0 aliphatic carbocycles. The van der Waals surface area contributed by atoms with E-state index in [1.54, 1.807) is 0 Å². The number of hydrogen-bond acceptors (Lipinski definition) is 3. The molecule has 0 spiro atoms. The van der Waals surface area contributed by atoms with Crippen LogP contribution in [-0.4, -0.2) is 14.2 Å². The van der Waals surface area contributed by atoms with E-state index in [-0.39, 0.29) is 5.78 Å². The van der Waals surface area contributed by atoms with Gasteiger partial charge in [0.05, 0.1) is 0 Å². The van der Waals surface area contributed by atoms with Crippen LogP contribution >= 0.6 is 58.3 Å². The minimum absolute atomic E-state index is 0.385. The highest BCUT2D eigenvalue weighted by molar-refractivity contribution is 8.17. The molecular formula is C17H15Cl3OS2. The van der Waals surface area contributed by atoms with Gasteiger partial charge in [-0.1, -0.05) is 95.5 Å². The van der Waals surface area contributed by atoms with E-state index in [1.165, 1.54) is 23.5 Å². The number of benzene rings is 2. The molecule has 122 valence electrons. The first kappa shape index (κ1) is 19.0. The summed E-state index contributed by atoms with van der Waals surface area (Å²) in [6, 6.07) is 19.9. The van der Waals surface area contributed by atoms with E-state index in [1.807, 2.05) is 60.7 Å². The van der Waals surface area contributed by atoms with E-state index >= 15 is 0 Å². The normalized spacial score (nSPS) is 11.7. The predicted octanol–water partition coefficient (Wildman–Crippen LogP) is 6.12. The van der Waals surface area contributed by atoms with Gasteiger partial charge in [0.2, 0.25) is 5.78 Å². The summed E-state index contributed by atoms with van der Waals surface area (Å²) in [5, 5.41) is 0. The van der Waals surface area contributed by atoms with Crippen LogP contribution < -0.4 is 0 Å². The van der Waals surface area contributed by atoms with Gasteiger partial charge < -0.3 is 0 Å². The van der Waals surface area contributed by atoms with Crippen molar-refractivity contribution >= 4 is 64.1 Å². The first-order chi connectivity index (χ1) is 11.0. The predicted molar refractivity (Wildman–Crippen MR) is 105 cm³/mol. The maximum Gasteiger partial charge on any atom is 0.250 e. The second-order valence-electron chi connectivity index (χ2n) is 4.79. The van der Waals surface area contributed by atoms with Crippen molar-refractivity contribution in [3.05, 3.63) is 71.8 Å². The van der Waals surface area contributed by atoms with Gasteiger partial charge in [-0.05, 0) is 11.1 Å². The Labute approximate surface area is 160 Å². The quantitative estimate of drug-likeness (QED) is 0.408. The molecule has 0 saturated heterocycles. The maximum atomic E-state index is 12.4. The fraction of sp³-hybridized carbons (Fsp3) is 0.235. The molecule has 0 heterocycles. The van der Waals surface area contributed by atoms with Crippen molar-refractivity contribution in [1.29, 1.82) is 0 Å². The Morgan fingerprint density at radius 2 is 1.22 bits per heavy atom. The lowest BCUT2D eigenvalue weighted by molar-refractivity contribution is -0.116. The number of ketones is 1. The molecule has 0 aliphatic heterocycles. The summed E-state index contributed by atoms with van der Waals surface area (Å²) in [7, 11) is 0. The molecule has 0 unspecified atom stereocenters. The summed E-state index contributed by atoms with van der Waals surface area (Å²) < 4.78 is -2.32. The van der Waals surface area contributed by atoms with Gasteiger partial charge in [0.15, 0.2) is 0 Å². The molecule has 23 heavy (non-hydrogen) atoms. The molecule has 2 aromatic rings. The first-order valence-corrected chi connectivity index (χ1v) is 10.1. The van der Waals surface area contributed by atoms with Gasteiger partial charge in [-0.2, -0.15) is 0 Å². The largest absolute Gasteiger partial charge is 0.293 e. The van der Waals surface area contributed by atoms with Gasteiger partial charge in [0.25, 0.3) is 3.79 Å². The fourth-order valence-electron chi connectivity index (χ4n) is 1.83. The second-order valence-corrected chi connectivity index (χ2v) is 9.55. The lowest BCUT2D eigenvalue weighted by atomic mass is 10.2. The summed E-state index contributed by atoms with van der Waals surface area (Å²) in [5.41, 5.74) is 2.28. The standard InChI is InChI=1S/C17H15Cl3OS2/c18-17(19,20)15(21)16(22-11-13-7-3-1-4-8-13)23-12-14-9-5-2-6-10-14/h1-10,16H,11-12H2. The average Bonchev–Trinajstić information content (AvgIpc) is 2.55. The molecule has 2 rings (SSSR count). The molecule has 0 atom stereocenters. The Balaban J connectivity index is 2.01. The van der Waals surface area contributed by atoms with Crippen molar-refractivity contribution in [3.8, 4) is 0 Å². The number of carbonyl (C=O) groups is 1. The number of hydrogen-bond donors (Lipinski definition) is 0. The third kappa shape index (κ3) is 6.60. The van der Waals surface area contributed by atoms with E-state index in [4.69, 9.17) is 34.8 Å². The van der Waals surface area contributed by atoms with Gasteiger partial charge >= 0.3 is 0 Å². The zero-order valence-electron chi connectivity index (χ0n) is 12.1. The number of halogens is 3. The van der Waals surface area contributed by atoms with Gasteiger partial charge in [-0.15, -0.1) is 23.5 Å². The van der Waals surface area contributed by atoms with Crippen molar-refractivity contribution in [2.75, 3.05) is 0 Å². The second kappa shape index (κ2) is 9.24. The fourth-order valence-corrected chi connectivity index (χ4v) is 5.06. The molecular weight excluding hydrogens is 391 g/mol. The SMILES string of the molecule is O=C(C(SCc1ccccc1)SCc1ccccc1)C(Cl)(Cl)Cl. The van der Waals surface area contributed by atoms with Crippen molar-refractivity contribution in [1.82, 2.24) is 0 Å². The summed E-state index contributed by atoms with van der Waals surface area (Å²) >= 11 is 20.4. The monoisotopic (exact) mass is 404 g/mol. The van der Waals surface area contributed by atoms with Gasteiger partial charge in [0, 0.05) is 11.5 Å². The summed E-state index contributed by atoms with van der Waals surface area (Å²) in [6.07, 6.45) is 0. The molecule has 6 heteroatoms. The number of carbonyl (C=O) groups excluding carboxylic acids is 1. The van der Waals surface area contributed by atoms with Crippen LogP contribution in [0.25, 0.3) is 0 Å². The lowest BCUT2D eigenvalue weighted by Gasteiger charge is -2.19.